The summed E-state index contributed by atoms with van der Waals surface area (Å²) in [5.74, 6) is 6.87. The molecule has 5 nitrogen and oxygen atoms in total. The molecule has 5 heteroatoms. The molecule has 88 valence electrons. The largest absolute Gasteiger partial charge is 0.308 e. The van der Waals surface area contributed by atoms with Crippen LogP contribution in [0, 0.1) is 13.8 Å². The first kappa shape index (κ1) is 11.5. The predicted octanol–water partition coefficient (Wildman–Crippen LogP) is 1.36. The van der Waals surface area contributed by atoms with Crippen LogP contribution in [-0.2, 0) is 6.42 Å². The molecule has 0 aliphatic heterocycles. The monoisotopic (exact) mass is 229 g/mol. The Balaban J connectivity index is 2.31. The van der Waals surface area contributed by atoms with Gasteiger partial charge in [-0.25, -0.2) is 15.8 Å². The minimum absolute atomic E-state index is 0.679. The molecule has 2 aromatic heterocycles. The number of nitrogens with two attached hydrogens (primary N) is 1. The summed E-state index contributed by atoms with van der Waals surface area (Å²) in [5, 5.41) is 0. The van der Waals surface area contributed by atoms with Gasteiger partial charge < -0.3 is 5.43 Å². The lowest BCUT2D eigenvalue weighted by Gasteiger charge is -2.09. The summed E-state index contributed by atoms with van der Waals surface area (Å²) in [6.07, 6.45) is 4.20. The van der Waals surface area contributed by atoms with Crippen molar-refractivity contribution in [2.45, 2.75) is 20.3 Å². The van der Waals surface area contributed by atoms with Crippen LogP contribution in [0.15, 0.2) is 24.5 Å². The van der Waals surface area contributed by atoms with Crippen LogP contribution in [0.5, 0.6) is 0 Å². The molecule has 2 rings (SSSR count). The van der Waals surface area contributed by atoms with E-state index in [1.54, 1.807) is 12.4 Å². The van der Waals surface area contributed by atoms with Crippen molar-refractivity contribution in [2.24, 2.45) is 5.84 Å². The van der Waals surface area contributed by atoms with Gasteiger partial charge in [0.25, 0.3) is 0 Å². The number of nitrogens with one attached hydrogen (secondary N) is 1. The first-order chi connectivity index (χ1) is 8.20. The van der Waals surface area contributed by atoms with Gasteiger partial charge in [0, 0.05) is 30.1 Å². The number of nitrogens with zero attached hydrogens (tertiary/aromatic N) is 3. The highest BCUT2D eigenvalue weighted by atomic mass is 15.3. The maximum atomic E-state index is 5.43. The van der Waals surface area contributed by atoms with Gasteiger partial charge in [0.2, 0.25) is 0 Å². The summed E-state index contributed by atoms with van der Waals surface area (Å²) in [6, 6.07) is 3.90. The first-order valence-electron chi connectivity index (χ1n) is 5.40. The Morgan fingerprint density at radius 1 is 1.18 bits per heavy atom. The molecule has 0 unspecified atom stereocenters. The van der Waals surface area contributed by atoms with E-state index < -0.39 is 0 Å². The summed E-state index contributed by atoms with van der Waals surface area (Å²) in [7, 11) is 0. The molecule has 0 saturated heterocycles. The summed E-state index contributed by atoms with van der Waals surface area (Å²) >= 11 is 0. The summed E-state index contributed by atoms with van der Waals surface area (Å²) < 4.78 is 0. The molecular weight excluding hydrogens is 214 g/mol. The summed E-state index contributed by atoms with van der Waals surface area (Å²) in [4.78, 5) is 12.8. The van der Waals surface area contributed by atoms with Gasteiger partial charge in [0.1, 0.15) is 11.6 Å². The molecule has 0 radical (unpaired) electrons. The Hall–Kier alpha value is -2.01. The van der Waals surface area contributed by atoms with E-state index in [0.717, 1.165) is 22.6 Å². The number of pyridine rings is 1. The standard InChI is InChI=1S/C12H15N5/c1-8-9(2)15-11(16-12(8)17-13)7-10-3-5-14-6-4-10/h3-6H,7,13H2,1-2H3,(H,15,16,17). The van der Waals surface area contributed by atoms with Gasteiger partial charge in [-0.3, -0.25) is 4.98 Å². The molecule has 2 heterocycles. The number of rotatable bonds is 3. The molecule has 0 amide bonds. The lowest BCUT2D eigenvalue weighted by Crippen LogP contribution is -2.13. The van der Waals surface area contributed by atoms with Crippen LogP contribution in [0.2, 0.25) is 0 Å². The van der Waals surface area contributed by atoms with Gasteiger partial charge >= 0.3 is 0 Å². The van der Waals surface area contributed by atoms with E-state index in [4.69, 9.17) is 5.84 Å². The lowest BCUT2D eigenvalue weighted by molar-refractivity contribution is 0.923. The van der Waals surface area contributed by atoms with E-state index >= 15 is 0 Å². The Kier molecular flexibility index (Phi) is 3.30. The molecule has 0 bridgehead atoms. The zero-order chi connectivity index (χ0) is 12.3. The Bertz CT molecular complexity index is 510. The highest BCUT2D eigenvalue weighted by Gasteiger charge is 2.07. The lowest BCUT2D eigenvalue weighted by atomic mass is 10.2. The van der Waals surface area contributed by atoms with Crippen molar-refractivity contribution in [3.8, 4) is 0 Å². The van der Waals surface area contributed by atoms with Crippen LogP contribution in [0.25, 0.3) is 0 Å². The van der Waals surface area contributed by atoms with Crippen molar-refractivity contribution < 1.29 is 0 Å². The van der Waals surface area contributed by atoms with Crippen molar-refractivity contribution in [1.82, 2.24) is 15.0 Å². The molecular formula is C12H15N5. The average Bonchev–Trinajstić information content (AvgIpc) is 2.35. The third-order valence-corrected chi connectivity index (χ3v) is 2.68. The van der Waals surface area contributed by atoms with Crippen LogP contribution in [-0.4, -0.2) is 15.0 Å². The Labute approximate surface area is 100 Å². The fourth-order valence-electron chi connectivity index (χ4n) is 1.59. The van der Waals surface area contributed by atoms with Crippen LogP contribution in [0.1, 0.15) is 22.6 Å². The van der Waals surface area contributed by atoms with Crippen LogP contribution in [0.4, 0.5) is 5.82 Å². The number of anilines is 1. The minimum atomic E-state index is 0.679. The fourth-order valence-corrected chi connectivity index (χ4v) is 1.59. The maximum absolute atomic E-state index is 5.43. The van der Waals surface area contributed by atoms with E-state index in [9.17, 15) is 0 Å². The molecule has 2 aromatic rings. The third kappa shape index (κ3) is 2.57. The smallest absolute Gasteiger partial charge is 0.146 e. The first-order valence-corrected chi connectivity index (χ1v) is 5.40. The molecule has 3 N–H and O–H groups in total. The van der Waals surface area contributed by atoms with Gasteiger partial charge in [-0.2, -0.15) is 0 Å². The van der Waals surface area contributed by atoms with Crippen molar-refractivity contribution >= 4 is 5.82 Å². The number of aryl methyl sites for hydroxylation is 1. The van der Waals surface area contributed by atoms with E-state index in [0.29, 0.717) is 12.2 Å². The summed E-state index contributed by atoms with van der Waals surface area (Å²) in [5.41, 5.74) is 5.65. The summed E-state index contributed by atoms with van der Waals surface area (Å²) in [6.45, 7) is 3.90. The second kappa shape index (κ2) is 4.88. The molecule has 0 aromatic carbocycles. The number of hydrogen-bond acceptors (Lipinski definition) is 5. The minimum Gasteiger partial charge on any atom is -0.308 e. The second-order valence-corrected chi connectivity index (χ2v) is 3.88. The van der Waals surface area contributed by atoms with Gasteiger partial charge in [0.05, 0.1) is 0 Å². The quantitative estimate of drug-likeness (QED) is 0.614. The number of hydrogen-bond donors (Lipinski definition) is 2. The number of hydrazine groups is 1. The Morgan fingerprint density at radius 3 is 2.53 bits per heavy atom. The SMILES string of the molecule is Cc1nc(Cc2ccncc2)nc(NN)c1C. The zero-order valence-electron chi connectivity index (χ0n) is 9.94. The van der Waals surface area contributed by atoms with Crippen LogP contribution >= 0.6 is 0 Å². The molecule has 0 fully saturated rings. The van der Waals surface area contributed by atoms with Gasteiger partial charge in [-0.05, 0) is 31.5 Å². The highest BCUT2D eigenvalue weighted by Crippen LogP contribution is 2.15. The van der Waals surface area contributed by atoms with Gasteiger partial charge in [0.15, 0.2) is 0 Å². The molecule has 0 atom stereocenters. The molecule has 17 heavy (non-hydrogen) atoms. The number of nitrogen functional groups attached to an aromatic ring is 1. The van der Waals surface area contributed by atoms with E-state index in [1.165, 1.54) is 0 Å². The molecule has 0 saturated carbocycles. The average molecular weight is 229 g/mol. The highest BCUT2D eigenvalue weighted by molar-refractivity contribution is 5.44. The normalized spacial score (nSPS) is 10.3. The molecule has 0 aliphatic carbocycles. The second-order valence-electron chi connectivity index (χ2n) is 3.88. The molecule has 0 aliphatic rings. The third-order valence-electron chi connectivity index (χ3n) is 2.68. The van der Waals surface area contributed by atoms with Crippen molar-refractivity contribution in [2.75, 3.05) is 5.43 Å². The van der Waals surface area contributed by atoms with E-state index in [1.807, 2.05) is 26.0 Å². The van der Waals surface area contributed by atoms with Crippen molar-refractivity contribution in [3.63, 3.8) is 0 Å². The van der Waals surface area contributed by atoms with E-state index in [-0.39, 0.29) is 0 Å². The van der Waals surface area contributed by atoms with Crippen LogP contribution in [0.3, 0.4) is 0 Å². The van der Waals surface area contributed by atoms with E-state index in [2.05, 4.69) is 20.4 Å². The van der Waals surface area contributed by atoms with Gasteiger partial charge in [-0.1, -0.05) is 0 Å². The van der Waals surface area contributed by atoms with Gasteiger partial charge in [-0.15, -0.1) is 0 Å². The number of aromatic nitrogens is 3. The van der Waals surface area contributed by atoms with Crippen molar-refractivity contribution in [1.29, 1.82) is 0 Å². The topological polar surface area (TPSA) is 76.7 Å². The predicted molar refractivity (Wildman–Crippen MR) is 66.4 cm³/mol. The van der Waals surface area contributed by atoms with Crippen molar-refractivity contribution in [3.05, 3.63) is 47.2 Å². The maximum Gasteiger partial charge on any atom is 0.146 e. The van der Waals surface area contributed by atoms with Crippen LogP contribution < -0.4 is 11.3 Å². The molecule has 0 spiro atoms. The zero-order valence-corrected chi connectivity index (χ0v) is 9.94. The fraction of sp³-hybridized carbons (Fsp3) is 0.250. The Morgan fingerprint density at radius 2 is 1.88 bits per heavy atom.